The van der Waals surface area contributed by atoms with Crippen LogP contribution in [0.25, 0.3) is 0 Å². The summed E-state index contributed by atoms with van der Waals surface area (Å²) in [4.78, 5) is 0. The first-order valence-corrected chi connectivity index (χ1v) is 8.42. The smallest absolute Gasteiger partial charge is 0.119 e. The summed E-state index contributed by atoms with van der Waals surface area (Å²) in [6.45, 7) is 6.29. The Morgan fingerprint density at radius 3 is 2.79 bits per heavy atom. The van der Waals surface area contributed by atoms with E-state index in [0.29, 0.717) is 6.04 Å². The molecule has 3 heteroatoms. The highest BCUT2D eigenvalue weighted by Crippen LogP contribution is 2.26. The number of hydrogen-bond donors (Lipinski definition) is 1. The molecule has 1 N–H and O–H groups in total. The second-order valence-corrected chi connectivity index (χ2v) is 6.59. The summed E-state index contributed by atoms with van der Waals surface area (Å²) in [7, 11) is 0. The summed E-state index contributed by atoms with van der Waals surface area (Å²) < 4.78 is 5.61. The van der Waals surface area contributed by atoms with Gasteiger partial charge in [-0.1, -0.05) is 19.1 Å². The van der Waals surface area contributed by atoms with E-state index in [1.165, 1.54) is 24.2 Å². The molecule has 0 bridgehead atoms. The Kier molecular flexibility index (Phi) is 6.05. The van der Waals surface area contributed by atoms with E-state index in [0.717, 1.165) is 30.6 Å². The quantitative estimate of drug-likeness (QED) is 0.814. The van der Waals surface area contributed by atoms with Crippen LogP contribution in [-0.4, -0.2) is 24.2 Å². The Bertz CT molecular complexity index is 360. The summed E-state index contributed by atoms with van der Waals surface area (Å²) in [6, 6.07) is 8.91. The molecule has 1 aliphatic rings. The Morgan fingerprint density at radius 2 is 2.16 bits per heavy atom. The van der Waals surface area contributed by atoms with E-state index in [9.17, 15) is 0 Å². The van der Waals surface area contributed by atoms with Gasteiger partial charge in [-0.3, -0.25) is 0 Å². The summed E-state index contributed by atoms with van der Waals surface area (Å²) in [6.07, 6.45) is 3.81. The van der Waals surface area contributed by atoms with Crippen molar-refractivity contribution in [1.29, 1.82) is 0 Å². The minimum Gasteiger partial charge on any atom is -0.494 e. The van der Waals surface area contributed by atoms with Crippen molar-refractivity contribution in [2.24, 2.45) is 0 Å². The molecule has 1 aromatic carbocycles. The van der Waals surface area contributed by atoms with E-state index in [4.69, 9.17) is 4.74 Å². The zero-order chi connectivity index (χ0) is 13.5. The summed E-state index contributed by atoms with van der Waals surface area (Å²) in [5.41, 5.74) is 1.34. The SMILES string of the molecule is CCCOc1ccc(C(C)NCC2CCCS2)cc1. The molecule has 2 rings (SSSR count). The highest BCUT2D eigenvalue weighted by molar-refractivity contribution is 8.00. The molecule has 0 saturated carbocycles. The highest BCUT2D eigenvalue weighted by Gasteiger charge is 2.16. The molecule has 19 heavy (non-hydrogen) atoms. The third-order valence-corrected chi connectivity index (χ3v) is 4.93. The number of ether oxygens (including phenoxy) is 1. The van der Waals surface area contributed by atoms with E-state index >= 15 is 0 Å². The third-order valence-electron chi connectivity index (χ3n) is 3.53. The van der Waals surface area contributed by atoms with E-state index in [1.807, 2.05) is 0 Å². The van der Waals surface area contributed by atoms with Crippen molar-refractivity contribution in [2.45, 2.75) is 44.4 Å². The largest absolute Gasteiger partial charge is 0.494 e. The Labute approximate surface area is 121 Å². The first-order valence-electron chi connectivity index (χ1n) is 7.37. The number of benzene rings is 1. The van der Waals surface area contributed by atoms with E-state index < -0.39 is 0 Å². The standard InChI is InChI=1S/C16H25NOS/c1-3-10-18-15-8-6-14(7-9-15)13(2)17-12-16-5-4-11-19-16/h6-9,13,16-17H,3-5,10-12H2,1-2H3. The van der Waals surface area contributed by atoms with Crippen molar-refractivity contribution >= 4 is 11.8 Å². The lowest BCUT2D eigenvalue weighted by Crippen LogP contribution is -2.26. The predicted octanol–water partition coefficient (Wildman–Crippen LogP) is 4.02. The lowest BCUT2D eigenvalue weighted by Gasteiger charge is -2.17. The summed E-state index contributed by atoms with van der Waals surface area (Å²) in [5.74, 6) is 2.31. The molecule has 106 valence electrons. The average molecular weight is 279 g/mol. The molecule has 2 nitrogen and oxygen atoms in total. The van der Waals surface area contributed by atoms with Gasteiger partial charge in [0.25, 0.3) is 0 Å². The topological polar surface area (TPSA) is 21.3 Å². The van der Waals surface area contributed by atoms with Crippen LogP contribution in [0, 0.1) is 0 Å². The van der Waals surface area contributed by atoms with Crippen LogP contribution in [0.2, 0.25) is 0 Å². The zero-order valence-corrected chi connectivity index (χ0v) is 12.8. The minimum absolute atomic E-state index is 0.418. The summed E-state index contributed by atoms with van der Waals surface area (Å²) in [5, 5.41) is 4.46. The lowest BCUT2D eigenvalue weighted by molar-refractivity contribution is 0.317. The Balaban J connectivity index is 1.79. The van der Waals surface area contributed by atoms with Crippen LogP contribution < -0.4 is 10.1 Å². The molecule has 1 aliphatic heterocycles. The molecule has 0 spiro atoms. The molecule has 0 amide bonds. The fourth-order valence-electron chi connectivity index (χ4n) is 2.30. The highest BCUT2D eigenvalue weighted by atomic mass is 32.2. The maximum atomic E-state index is 5.61. The van der Waals surface area contributed by atoms with Gasteiger partial charge in [0, 0.05) is 17.8 Å². The Morgan fingerprint density at radius 1 is 1.37 bits per heavy atom. The van der Waals surface area contributed by atoms with Gasteiger partial charge in [0.2, 0.25) is 0 Å². The van der Waals surface area contributed by atoms with Crippen molar-refractivity contribution in [2.75, 3.05) is 18.9 Å². The number of hydrogen-bond acceptors (Lipinski definition) is 3. The van der Waals surface area contributed by atoms with E-state index in [-0.39, 0.29) is 0 Å². The van der Waals surface area contributed by atoms with Crippen molar-refractivity contribution in [3.05, 3.63) is 29.8 Å². The maximum absolute atomic E-state index is 5.61. The monoisotopic (exact) mass is 279 g/mol. The summed E-state index contributed by atoms with van der Waals surface area (Å²) >= 11 is 2.11. The molecule has 0 radical (unpaired) electrons. The van der Waals surface area contributed by atoms with Crippen LogP contribution in [0.15, 0.2) is 24.3 Å². The van der Waals surface area contributed by atoms with E-state index in [2.05, 4.69) is 55.2 Å². The van der Waals surface area contributed by atoms with Crippen molar-refractivity contribution in [3.63, 3.8) is 0 Å². The van der Waals surface area contributed by atoms with Gasteiger partial charge in [-0.15, -0.1) is 0 Å². The van der Waals surface area contributed by atoms with Gasteiger partial charge in [0.1, 0.15) is 5.75 Å². The van der Waals surface area contributed by atoms with Gasteiger partial charge in [-0.05, 0) is 49.6 Å². The molecule has 0 aliphatic carbocycles. The van der Waals surface area contributed by atoms with Crippen molar-refractivity contribution in [1.82, 2.24) is 5.32 Å². The maximum Gasteiger partial charge on any atom is 0.119 e. The average Bonchev–Trinajstić information content (AvgIpc) is 2.96. The molecule has 0 aromatic heterocycles. The number of rotatable bonds is 7. The first kappa shape index (κ1) is 14.7. The van der Waals surface area contributed by atoms with Crippen molar-refractivity contribution < 1.29 is 4.74 Å². The van der Waals surface area contributed by atoms with Crippen LogP contribution in [0.1, 0.15) is 44.7 Å². The van der Waals surface area contributed by atoms with Crippen molar-refractivity contribution in [3.8, 4) is 5.75 Å². The molecule has 1 aromatic rings. The lowest BCUT2D eigenvalue weighted by atomic mass is 10.1. The van der Waals surface area contributed by atoms with Gasteiger partial charge in [0.15, 0.2) is 0 Å². The zero-order valence-electron chi connectivity index (χ0n) is 12.0. The third kappa shape index (κ3) is 4.73. The molecule has 2 unspecified atom stereocenters. The van der Waals surface area contributed by atoms with E-state index in [1.54, 1.807) is 0 Å². The van der Waals surface area contributed by atoms with Gasteiger partial charge in [-0.2, -0.15) is 11.8 Å². The van der Waals surface area contributed by atoms with Crippen LogP contribution in [-0.2, 0) is 0 Å². The normalized spacial score (nSPS) is 20.4. The number of nitrogens with one attached hydrogen (secondary N) is 1. The van der Waals surface area contributed by atoms with Gasteiger partial charge in [-0.25, -0.2) is 0 Å². The molecule has 1 saturated heterocycles. The van der Waals surface area contributed by atoms with Crippen LogP contribution >= 0.6 is 11.8 Å². The minimum atomic E-state index is 0.418. The second-order valence-electron chi connectivity index (χ2n) is 5.18. The first-order chi connectivity index (χ1) is 9.29. The molecular weight excluding hydrogens is 254 g/mol. The van der Waals surface area contributed by atoms with Crippen LogP contribution in [0.3, 0.4) is 0 Å². The molecule has 1 fully saturated rings. The number of thioether (sulfide) groups is 1. The Hall–Kier alpha value is -0.670. The second kappa shape index (κ2) is 7.81. The molecular formula is C16H25NOS. The molecule has 1 heterocycles. The molecule has 2 atom stereocenters. The fraction of sp³-hybridized carbons (Fsp3) is 0.625. The van der Waals surface area contributed by atoms with Crippen LogP contribution in [0.4, 0.5) is 0 Å². The van der Waals surface area contributed by atoms with Crippen LogP contribution in [0.5, 0.6) is 5.75 Å². The van der Waals surface area contributed by atoms with Gasteiger partial charge in [0.05, 0.1) is 6.61 Å². The fourth-order valence-corrected chi connectivity index (χ4v) is 3.52. The van der Waals surface area contributed by atoms with Gasteiger partial charge >= 0.3 is 0 Å². The van der Waals surface area contributed by atoms with Gasteiger partial charge < -0.3 is 10.1 Å². The predicted molar refractivity (Wildman–Crippen MR) is 84.1 cm³/mol.